The number of halogens is 3. The van der Waals surface area contributed by atoms with Gasteiger partial charge in [-0.15, -0.1) is 0 Å². The van der Waals surface area contributed by atoms with Crippen molar-refractivity contribution in [3.05, 3.63) is 0 Å². The van der Waals surface area contributed by atoms with Crippen molar-refractivity contribution in [1.29, 1.82) is 0 Å². The second-order valence-electron chi connectivity index (χ2n) is 3.27. The van der Waals surface area contributed by atoms with Crippen molar-refractivity contribution in [2.24, 2.45) is 0 Å². The van der Waals surface area contributed by atoms with Crippen molar-refractivity contribution in [2.45, 2.75) is 18.9 Å². The number of nitrogens with zero attached hydrogens (tertiary/aromatic N) is 1. The fourth-order valence-electron chi connectivity index (χ4n) is 1.49. The van der Waals surface area contributed by atoms with Gasteiger partial charge in [0.1, 0.15) is 0 Å². The third kappa shape index (κ3) is 6.48. The van der Waals surface area contributed by atoms with E-state index in [1.54, 1.807) is 0 Å². The van der Waals surface area contributed by atoms with Crippen molar-refractivity contribution in [3.8, 4) is 0 Å². The Balaban J connectivity index is 0.00000144. The Morgan fingerprint density at radius 1 is 1.38 bits per heavy atom. The minimum absolute atomic E-state index is 0. The average molecular weight is 221 g/mol. The maximum absolute atomic E-state index is 11.9. The van der Waals surface area contributed by atoms with E-state index in [1.165, 1.54) is 4.90 Å². The van der Waals surface area contributed by atoms with Crippen LogP contribution in [-0.2, 0) is 0 Å². The Labute approximate surface area is 118 Å². The molecule has 1 fully saturated rings. The quantitative estimate of drug-likeness (QED) is 0.536. The van der Waals surface area contributed by atoms with Crippen LogP contribution in [0.2, 0.25) is 0 Å². The van der Waals surface area contributed by atoms with Crippen LogP contribution in [-0.4, -0.2) is 42.6 Å². The summed E-state index contributed by atoms with van der Waals surface area (Å²) in [5, 5.41) is 9.07. The summed E-state index contributed by atoms with van der Waals surface area (Å²) < 4.78 is 35.7. The van der Waals surface area contributed by atoms with Crippen LogP contribution in [0.5, 0.6) is 0 Å². The SMILES string of the molecule is O[C@H]1CCCN(C[B-](F)(F)F)C1.[K+]. The summed E-state index contributed by atoms with van der Waals surface area (Å²) in [6.07, 6.45) is -0.122. The second-order valence-corrected chi connectivity index (χ2v) is 3.27. The molecule has 0 spiro atoms. The van der Waals surface area contributed by atoms with Crippen LogP contribution in [0.4, 0.5) is 12.9 Å². The molecule has 0 aromatic heterocycles. The van der Waals surface area contributed by atoms with Gasteiger partial charge in [0.2, 0.25) is 0 Å². The van der Waals surface area contributed by atoms with Gasteiger partial charge in [0.15, 0.2) is 0 Å². The Hall–Kier alpha value is 1.41. The Kier molecular flexibility index (Phi) is 6.76. The average Bonchev–Trinajstić information content (AvgIpc) is 1.82. The molecule has 1 atom stereocenters. The molecule has 0 unspecified atom stereocenters. The number of likely N-dealkylation sites (tertiary alicyclic amines) is 1. The molecule has 1 heterocycles. The molecule has 1 aliphatic rings. The normalized spacial score (nSPS) is 25.4. The van der Waals surface area contributed by atoms with Gasteiger partial charge < -0.3 is 23.0 Å². The summed E-state index contributed by atoms with van der Waals surface area (Å²) in [7, 11) is 0. The van der Waals surface area contributed by atoms with Crippen molar-refractivity contribution in [3.63, 3.8) is 0 Å². The van der Waals surface area contributed by atoms with Gasteiger partial charge in [-0.1, -0.05) is 0 Å². The van der Waals surface area contributed by atoms with Gasteiger partial charge in [0.25, 0.3) is 0 Å². The third-order valence-electron chi connectivity index (χ3n) is 1.95. The molecule has 13 heavy (non-hydrogen) atoms. The van der Waals surface area contributed by atoms with E-state index in [2.05, 4.69) is 0 Å². The topological polar surface area (TPSA) is 23.5 Å². The van der Waals surface area contributed by atoms with E-state index in [9.17, 15) is 12.9 Å². The molecule has 0 aromatic rings. The number of aliphatic hydroxyl groups is 1. The van der Waals surface area contributed by atoms with E-state index in [0.717, 1.165) is 0 Å². The number of β-amino-alcohol motifs (C(OH)–C–C–N with tert-alkyl or cyclic N) is 1. The summed E-state index contributed by atoms with van der Waals surface area (Å²) >= 11 is 0. The van der Waals surface area contributed by atoms with Gasteiger partial charge in [-0.25, -0.2) is 0 Å². The maximum atomic E-state index is 11.9. The van der Waals surface area contributed by atoms with Crippen LogP contribution in [0, 0.1) is 0 Å². The van der Waals surface area contributed by atoms with Crippen LogP contribution in [0.3, 0.4) is 0 Å². The molecular weight excluding hydrogens is 209 g/mol. The Bertz CT molecular complexity index is 157. The number of aliphatic hydroxyl groups excluding tert-OH is 1. The van der Waals surface area contributed by atoms with Crippen molar-refractivity contribution in [2.75, 3.05) is 19.5 Å². The summed E-state index contributed by atoms with van der Waals surface area (Å²) in [5.74, 6) is 0. The fourth-order valence-corrected chi connectivity index (χ4v) is 1.49. The van der Waals surface area contributed by atoms with E-state index in [1.807, 2.05) is 0 Å². The van der Waals surface area contributed by atoms with Crippen LogP contribution in [0.15, 0.2) is 0 Å². The smallest absolute Gasteiger partial charge is 0.448 e. The van der Waals surface area contributed by atoms with Gasteiger partial charge in [0.05, 0.1) is 6.10 Å². The van der Waals surface area contributed by atoms with E-state index in [-0.39, 0.29) is 57.9 Å². The third-order valence-corrected chi connectivity index (χ3v) is 1.95. The minimum atomic E-state index is -4.73. The molecule has 0 amide bonds. The van der Waals surface area contributed by atoms with Gasteiger partial charge in [-0.05, 0) is 25.8 Å². The van der Waals surface area contributed by atoms with E-state index in [0.29, 0.717) is 19.4 Å². The van der Waals surface area contributed by atoms with Crippen LogP contribution in [0.25, 0.3) is 0 Å². The second kappa shape index (κ2) is 6.09. The van der Waals surface area contributed by atoms with Crippen molar-refractivity contribution >= 4 is 6.98 Å². The van der Waals surface area contributed by atoms with Crippen molar-refractivity contribution < 1.29 is 69.4 Å². The summed E-state index contributed by atoms with van der Waals surface area (Å²) in [5.41, 5.74) is 0. The predicted octanol–water partition coefficient (Wildman–Crippen LogP) is -2.17. The van der Waals surface area contributed by atoms with Gasteiger partial charge in [-0.2, -0.15) is 0 Å². The predicted molar refractivity (Wildman–Crippen MR) is 40.8 cm³/mol. The molecule has 0 aromatic carbocycles. The first-order chi connectivity index (χ1) is 5.47. The number of hydrogen-bond acceptors (Lipinski definition) is 2. The molecule has 1 N–H and O–H groups in total. The van der Waals surface area contributed by atoms with E-state index < -0.39 is 19.5 Å². The first-order valence-corrected chi connectivity index (χ1v) is 4.09. The van der Waals surface area contributed by atoms with Crippen LogP contribution < -0.4 is 51.4 Å². The summed E-state index contributed by atoms with van der Waals surface area (Å²) in [6.45, 7) is -4.11. The Morgan fingerprint density at radius 2 is 2.00 bits per heavy atom. The molecule has 7 heteroatoms. The van der Waals surface area contributed by atoms with Gasteiger partial charge in [-0.3, -0.25) is 0 Å². The zero-order valence-electron chi connectivity index (χ0n) is 7.72. The first kappa shape index (κ1) is 14.4. The molecule has 1 aliphatic heterocycles. The zero-order valence-corrected chi connectivity index (χ0v) is 10.8. The fraction of sp³-hybridized carbons (Fsp3) is 1.00. The van der Waals surface area contributed by atoms with E-state index >= 15 is 0 Å². The molecular formula is C6H12BF3KNO. The largest absolute Gasteiger partial charge is 1.00 e. The molecule has 0 aliphatic carbocycles. The molecule has 1 rings (SSSR count). The molecule has 1 saturated heterocycles. The molecule has 0 saturated carbocycles. The van der Waals surface area contributed by atoms with Crippen LogP contribution in [0.1, 0.15) is 12.8 Å². The molecule has 0 radical (unpaired) electrons. The molecule has 2 nitrogen and oxygen atoms in total. The molecule has 0 bridgehead atoms. The van der Waals surface area contributed by atoms with Crippen LogP contribution >= 0.6 is 0 Å². The van der Waals surface area contributed by atoms with Gasteiger partial charge in [0, 0.05) is 6.54 Å². The summed E-state index contributed by atoms with van der Waals surface area (Å²) in [6, 6.07) is 0. The maximum Gasteiger partial charge on any atom is 1.00 e. The monoisotopic (exact) mass is 221 g/mol. The number of hydrogen-bond donors (Lipinski definition) is 1. The summed E-state index contributed by atoms with van der Waals surface area (Å²) in [4.78, 5) is 1.27. The standard InChI is InChI=1S/C6H12BF3NO.K/c8-7(9,10)5-11-3-1-2-6(12)4-11;/h6,12H,1-5H2;/q-1;+1/t6-;/m0./s1. The number of rotatable bonds is 2. The van der Waals surface area contributed by atoms with E-state index in [4.69, 9.17) is 5.11 Å². The minimum Gasteiger partial charge on any atom is -0.448 e. The zero-order chi connectivity index (χ0) is 9.19. The van der Waals surface area contributed by atoms with Crippen molar-refractivity contribution in [1.82, 2.24) is 4.90 Å². The van der Waals surface area contributed by atoms with Gasteiger partial charge >= 0.3 is 58.4 Å². The first-order valence-electron chi connectivity index (χ1n) is 4.09. The molecule has 72 valence electrons. The number of piperidine rings is 1. The Morgan fingerprint density at radius 3 is 2.46 bits per heavy atom.